The molecule has 0 saturated heterocycles. The number of nitro groups is 1. The van der Waals surface area contributed by atoms with E-state index < -0.39 is 4.92 Å². The lowest BCUT2D eigenvalue weighted by Crippen LogP contribution is -2.22. The highest BCUT2D eigenvalue weighted by atomic mass is 79.9. The smallest absolute Gasteiger partial charge is 0.269 e. The largest absolute Gasteiger partial charge is 0.493 e. The van der Waals surface area contributed by atoms with E-state index in [-0.39, 0.29) is 22.4 Å². The second-order valence-electron chi connectivity index (χ2n) is 7.27. The van der Waals surface area contributed by atoms with Crippen molar-refractivity contribution in [2.24, 2.45) is 0 Å². The molecule has 0 atom stereocenters. The Morgan fingerprint density at radius 3 is 2.23 bits per heavy atom. The number of nitrogens with zero attached hydrogens (tertiary/aromatic N) is 3. The molecule has 180 valence electrons. The Balaban J connectivity index is 1.95. The van der Waals surface area contributed by atoms with Crippen LogP contribution in [0.3, 0.4) is 0 Å². The van der Waals surface area contributed by atoms with Crippen molar-refractivity contribution >= 4 is 44.3 Å². The lowest BCUT2D eigenvalue weighted by molar-refractivity contribution is -0.384. The highest BCUT2D eigenvalue weighted by Crippen LogP contribution is 2.42. The Kier molecular flexibility index (Phi) is 7.27. The van der Waals surface area contributed by atoms with E-state index in [0.29, 0.717) is 33.6 Å². The second kappa shape index (κ2) is 10.4. The molecule has 0 aliphatic carbocycles. The van der Waals surface area contributed by atoms with Crippen molar-refractivity contribution in [1.82, 2.24) is 9.55 Å². The number of halogens is 1. The van der Waals surface area contributed by atoms with Crippen LogP contribution in [0.2, 0.25) is 0 Å². The molecule has 0 saturated carbocycles. The van der Waals surface area contributed by atoms with Gasteiger partial charge in [0.1, 0.15) is 5.52 Å². The lowest BCUT2D eigenvalue weighted by Gasteiger charge is -2.17. The number of benzene rings is 3. The Labute approximate surface area is 212 Å². The first-order valence-electron chi connectivity index (χ1n) is 10.3. The number of hydrogen-bond acceptors (Lipinski definition) is 8. The molecule has 0 amide bonds. The summed E-state index contributed by atoms with van der Waals surface area (Å²) in [6, 6.07) is 15.1. The summed E-state index contributed by atoms with van der Waals surface area (Å²) in [6.07, 6.45) is 0. The van der Waals surface area contributed by atoms with Crippen LogP contribution in [0.25, 0.3) is 16.6 Å². The molecule has 9 nitrogen and oxygen atoms in total. The maximum atomic E-state index is 13.8. The quantitative estimate of drug-likeness (QED) is 0.123. The Bertz CT molecular complexity index is 1460. The summed E-state index contributed by atoms with van der Waals surface area (Å²) in [5, 5.41) is 11.8. The van der Waals surface area contributed by atoms with Gasteiger partial charge in [0.15, 0.2) is 16.7 Å². The minimum atomic E-state index is -0.490. The van der Waals surface area contributed by atoms with Crippen molar-refractivity contribution in [3.8, 4) is 22.9 Å². The molecule has 0 aliphatic heterocycles. The molecule has 3 aromatic carbocycles. The fraction of sp³-hybridized carbons (Fsp3) is 0.167. The number of nitro benzene ring substituents is 1. The first-order valence-corrected chi connectivity index (χ1v) is 12.0. The highest BCUT2D eigenvalue weighted by molar-refractivity contribution is 9.10. The molecule has 1 heterocycles. The summed E-state index contributed by atoms with van der Waals surface area (Å²) in [6.45, 7) is 0. The van der Waals surface area contributed by atoms with E-state index in [1.807, 2.05) is 24.3 Å². The summed E-state index contributed by atoms with van der Waals surface area (Å²) in [5.74, 6) is 1.46. The van der Waals surface area contributed by atoms with Crippen LogP contribution in [0.5, 0.6) is 17.2 Å². The minimum absolute atomic E-state index is 0.0762. The first-order chi connectivity index (χ1) is 16.9. The van der Waals surface area contributed by atoms with Crippen LogP contribution in [0.4, 0.5) is 5.69 Å². The topological polar surface area (TPSA) is 106 Å². The van der Waals surface area contributed by atoms with Gasteiger partial charge in [-0.15, -0.1) is 0 Å². The predicted molar refractivity (Wildman–Crippen MR) is 137 cm³/mol. The Morgan fingerprint density at radius 2 is 1.66 bits per heavy atom. The van der Waals surface area contributed by atoms with Crippen molar-refractivity contribution in [1.29, 1.82) is 0 Å². The molecule has 0 fully saturated rings. The SMILES string of the molecule is COc1cc2c(=O)n(-c3ccc([N+](=O)[O-])cc3)c(SCc3ccc(Br)cc3)nc2c(OC)c1OC. The van der Waals surface area contributed by atoms with Gasteiger partial charge in [0, 0.05) is 22.4 Å². The van der Waals surface area contributed by atoms with Crippen LogP contribution in [0, 0.1) is 10.1 Å². The zero-order chi connectivity index (χ0) is 25.1. The molecule has 11 heteroatoms. The molecule has 0 N–H and O–H groups in total. The van der Waals surface area contributed by atoms with Gasteiger partial charge in [0.2, 0.25) is 5.75 Å². The van der Waals surface area contributed by atoms with Crippen LogP contribution < -0.4 is 19.8 Å². The van der Waals surface area contributed by atoms with Crippen molar-refractivity contribution < 1.29 is 19.1 Å². The van der Waals surface area contributed by atoms with Crippen molar-refractivity contribution in [2.75, 3.05) is 21.3 Å². The maximum Gasteiger partial charge on any atom is 0.269 e. The van der Waals surface area contributed by atoms with Crippen LogP contribution >= 0.6 is 27.7 Å². The number of fused-ring (bicyclic) bond motifs is 1. The van der Waals surface area contributed by atoms with Gasteiger partial charge >= 0.3 is 0 Å². The van der Waals surface area contributed by atoms with Gasteiger partial charge in [-0.3, -0.25) is 19.5 Å². The molecule has 0 bridgehead atoms. The predicted octanol–water partition coefficient (Wildman–Crippen LogP) is 5.37. The van der Waals surface area contributed by atoms with Crippen LogP contribution in [0.15, 0.2) is 69.0 Å². The molecule has 1 aromatic heterocycles. The summed E-state index contributed by atoms with van der Waals surface area (Å²) in [4.78, 5) is 29.2. The van der Waals surface area contributed by atoms with Gasteiger partial charge in [-0.1, -0.05) is 39.8 Å². The molecular weight excluding hydrogens is 538 g/mol. The standard InChI is InChI=1S/C24H20BrN3O6S/c1-32-19-12-18-20(22(34-3)21(19)33-2)26-24(35-13-14-4-6-15(25)7-5-14)27(23(18)29)16-8-10-17(11-9-16)28(30)31/h4-12H,13H2,1-3H3. The van der Waals surface area contributed by atoms with Gasteiger partial charge in [0.05, 0.1) is 37.3 Å². The Morgan fingerprint density at radius 1 is 1.00 bits per heavy atom. The number of rotatable bonds is 8. The Hall–Kier alpha value is -3.57. The van der Waals surface area contributed by atoms with Crippen molar-refractivity contribution in [3.05, 3.63) is 85.1 Å². The molecule has 35 heavy (non-hydrogen) atoms. The summed E-state index contributed by atoms with van der Waals surface area (Å²) in [5.41, 5.74) is 1.35. The third-order valence-electron chi connectivity index (χ3n) is 5.24. The molecule has 0 aliphatic rings. The molecule has 0 unspecified atom stereocenters. The fourth-order valence-corrected chi connectivity index (χ4v) is 4.77. The summed E-state index contributed by atoms with van der Waals surface area (Å²) >= 11 is 4.79. The number of non-ortho nitro benzene ring substituents is 1. The van der Waals surface area contributed by atoms with Gasteiger partial charge in [0.25, 0.3) is 11.2 Å². The first kappa shape index (κ1) is 24.6. The molecular formula is C24H20BrN3O6S. The van der Waals surface area contributed by atoms with Crippen LogP contribution in [-0.2, 0) is 5.75 Å². The number of thioether (sulfide) groups is 1. The van der Waals surface area contributed by atoms with Gasteiger partial charge in [-0.25, -0.2) is 4.98 Å². The van der Waals surface area contributed by atoms with E-state index in [1.54, 1.807) is 6.07 Å². The summed E-state index contributed by atoms with van der Waals surface area (Å²) in [7, 11) is 4.41. The van der Waals surface area contributed by atoms with Gasteiger partial charge in [-0.2, -0.15) is 0 Å². The number of hydrogen-bond donors (Lipinski definition) is 0. The van der Waals surface area contributed by atoms with Crippen molar-refractivity contribution in [3.63, 3.8) is 0 Å². The van der Waals surface area contributed by atoms with Crippen LogP contribution in [0.1, 0.15) is 5.56 Å². The monoisotopic (exact) mass is 557 g/mol. The van der Waals surface area contributed by atoms with E-state index in [0.717, 1.165) is 10.0 Å². The zero-order valence-electron chi connectivity index (χ0n) is 19.0. The number of ether oxygens (including phenoxy) is 3. The zero-order valence-corrected chi connectivity index (χ0v) is 21.4. The van der Waals surface area contributed by atoms with Gasteiger partial charge < -0.3 is 14.2 Å². The van der Waals surface area contributed by atoms with E-state index in [9.17, 15) is 14.9 Å². The highest BCUT2D eigenvalue weighted by Gasteiger charge is 2.23. The van der Waals surface area contributed by atoms with E-state index in [4.69, 9.17) is 19.2 Å². The average molecular weight is 558 g/mol. The van der Waals surface area contributed by atoms with E-state index >= 15 is 0 Å². The molecule has 4 aromatic rings. The number of aromatic nitrogens is 2. The lowest BCUT2D eigenvalue weighted by atomic mass is 10.2. The third kappa shape index (κ3) is 4.82. The third-order valence-corrected chi connectivity index (χ3v) is 6.77. The maximum absolute atomic E-state index is 13.8. The molecule has 0 spiro atoms. The summed E-state index contributed by atoms with van der Waals surface area (Å²) < 4.78 is 18.8. The molecule has 0 radical (unpaired) electrons. The normalized spacial score (nSPS) is 10.9. The van der Waals surface area contributed by atoms with E-state index in [1.165, 1.54) is 61.9 Å². The van der Waals surface area contributed by atoms with Crippen molar-refractivity contribution in [2.45, 2.75) is 10.9 Å². The van der Waals surface area contributed by atoms with Gasteiger partial charge in [-0.05, 0) is 35.9 Å². The molecule has 4 rings (SSSR count). The average Bonchev–Trinajstić information content (AvgIpc) is 2.87. The second-order valence-corrected chi connectivity index (χ2v) is 9.12. The van der Waals surface area contributed by atoms with E-state index in [2.05, 4.69) is 15.9 Å². The number of methoxy groups -OCH3 is 3. The fourth-order valence-electron chi connectivity index (χ4n) is 3.54. The van der Waals surface area contributed by atoms with Crippen LogP contribution in [-0.4, -0.2) is 35.8 Å². The minimum Gasteiger partial charge on any atom is -0.493 e.